The average molecular weight is 493 g/mol. The van der Waals surface area contributed by atoms with Crippen molar-refractivity contribution in [1.82, 2.24) is 4.98 Å². The first-order valence-corrected chi connectivity index (χ1v) is 13.7. The molecule has 6 nitrogen and oxygen atoms in total. The van der Waals surface area contributed by atoms with Gasteiger partial charge in [0.1, 0.15) is 11.5 Å². The van der Waals surface area contributed by atoms with Crippen LogP contribution < -0.4 is 20.6 Å². The van der Waals surface area contributed by atoms with Crippen molar-refractivity contribution in [2.45, 2.75) is 58.8 Å². The van der Waals surface area contributed by atoms with Gasteiger partial charge in [0.05, 0.1) is 30.5 Å². The molecule has 5 atom stereocenters. The summed E-state index contributed by atoms with van der Waals surface area (Å²) in [7, 11) is 3.37. The highest BCUT2D eigenvalue weighted by atomic mass is 32.1. The minimum atomic E-state index is 0.203. The van der Waals surface area contributed by atoms with E-state index in [0.29, 0.717) is 5.92 Å². The SMILES string of the molecule is COc1ccc(OC)c(Nc2nc3c(s2)C2=CC[C@@H]4[C@H](CC[C@]5(C)/C(=N/N)CC[C@@H]45)[C@@]2(C)CC3)c1. The van der Waals surface area contributed by atoms with E-state index in [1.807, 2.05) is 18.2 Å². The van der Waals surface area contributed by atoms with E-state index >= 15 is 0 Å². The van der Waals surface area contributed by atoms with E-state index in [-0.39, 0.29) is 10.8 Å². The van der Waals surface area contributed by atoms with Crippen molar-refractivity contribution in [3.8, 4) is 11.5 Å². The second kappa shape index (κ2) is 8.26. The average Bonchev–Trinajstić information content (AvgIpc) is 3.43. The Balaban J connectivity index is 1.32. The summed E-state index contributed by atoms with van der Waals surface area (Å²) in [6.45, 7) is 4.97. The summed E-state index contributed by atoms with van der Waals surface area (Å²) in [6.07, 6.45) is 10.8. The number of methoxy groups -OCH3 is 2. The number of benzene rings is 1. The molecule has 3 N–H and O–H groups in total. The molecule has 0 amide bonds. The lowest BCUT2D eigenvalue weighted by Crippen LogP contribution is -2.49. The molecule has 0 radical (unpaired) electrons. The molecule has 1 aromatic heterocycles. The summed E-state index contributed by atoms with van der Waals surface area (Å²) in [5.74, 6) is 9.56. The van der Waals surface area contributed by atoms with Crippen molar-refractivity contribution < 1.29 is 9.47 Å². The maximum atomic E-state index is 5.82. The molecule has 1 aromatic carbocycles. The summed E-state index contributed by atoms with van der Waals surface area (Å²) in [6, 6.07) is 5.80. The fraction of sp³-hybridized carbons (Fsp3) is 0.571. The van der Waals surface area contributed by atoms with Crippen molar-refractivity contribution in [3.63, 3.8) is 0 Å². The van der Waals surface area contributed by atoms with Gasteiger partial charge in [-0.3, -0.25) is 0 Å². The van der Waals surface area contributed by atoms with Crippen LogP contribution in [0, 0.1) is 28.6 Å². The van der Waals surface area contributed by atoms with E-state index in [1.165, 1.54) is 47.5 Å². The van der Waals surface area contributed by atoms with Gasteiger partial charge in [0.25, 0.3) is 0 Å². The molecule has 0 aliphatic heterocycles. The van der Waals surface area contributed by atoms with Crippen LogP contribution >= 0.6 is 11.3 Å². The Labute approximate surface area is 212 Å². The predicted molar refractivity (Wildman–Crippen MR) is 143 cm³/mol. The third-order valence-electron chi connectivity index (χ3n) is 9.83. The Hall–Kier alpha value is -2.54. The molecule has 2 aromatic rings. The maximum Gasteiger partial charge on any atom is 0.188 e. The fourth-order valence-corrected chi connectivity index (χ4v) is 9.16. The molecule has 35 heavy (non-hydrogen) atoms. The van der Waals surface area contributed by atoms with Crippen molar-refractivity contribution in [2.24, 2.45) is 39.5 Å². The third-order valence-corrected chi connectivity index (χ3v) is 10.9. The number of hydrogen-bond acceptors (Lipinski definition) is 7. The predicted octanol–water partition coefficient (Wildman–Crippen LogP) is 6.40. The van der Waals surface area contributed by atoms with Crippen LogP contribution in [0.15, 0.2) is 29.4 Å². The van der Waals surface area contributed by atoms with Crippen LogP contribution in [-0.2, 0) is 6.42 Å². The lowest BCUT2D eigenvalue weighted by molar-refractivity contribution is 0.0117. The van der Waals surface area contributed by atoms with Crippen molar-refractivity contribution >= 4 is 33.4 Å². The van der Waals surface area contributed by atoms with Gasteiger partial charge in [-0.2, -0.15) is 5.10 Å². The largest absolute Gasteiger partial charge is 0.497 e. The summed E-state index contributed by atoms with van der Waals surface area (Å²) in [5.41, 5.74) is 5.34. The van der Waals surface area contributed by atoms with E-state index in [4.69, 9.17) is 20.3 Å². The molecule has 4 aliphatic rings. The van der Waals surface area contributed by atoms with Gasteiger partial charge in [0.2, 0.25) is 0 Å². The van der Waals surface area contributed by atoms with Crippen LogP contribution in [0.3, 0.4) is 0 Å². The maximum absolute atomic E-state index is 5.82. The molecule has 186 valence electrons. The highest BCUT2D eigenvalue weighted by molar-refractivity contribution is 7.16. The van der Waals surface area contributed by atoms with E-state index in [2.05, 4.69) is 30.3 Å². The Kier molecular flexibility index (Phi) is 5.40. The number of hydrogen-bond donors (Lipinski definition) is 2. The molecule has 1 heterocycles. The van der Waals surface area contributed by atoms with Gasteiger partial charge >= 0.3 is 0 Å². The van der Waals surface area contributed by atoms with Crippen molar-refractivity contribution in [1.29, 1.82) is 0 Å². The van der Waals surface area contributed by atoms with E-state index in [0.717, 1.165) is 53.4 Å². The Morgan fingerprint density at radius 3 is 2.69 bits per heavy atom. The number of aryl methyl sites for hydroxylation is 1. The van der Waals surface area contributed by atoms with Crippen LogP contribution in [0.2, 0.25) is 0 Å². The van der Waals surface area contributed by atoms with Crippen LogP contribution in [0.25, 0.3) is 5.57 Å². The Morgan fingerprint density at radius 1 is 1.09 bits per heavy atom. The van der Waals surface area contributed by atoms with Crippen LogP contribution in [0.5, 0.6) is 11.5 Å². The third kappa shape index (κ3) is 3.34. The quantitative estimate of drug-likeness (QED) is 0.381. The highest BCUT2D eigenvalue weighted by Crippen LogP contribution is 2.65. The number of aromatic nitrogens is 1. The van der Waals surface area contributed by atoms with Gasteiger partial charge in [-0.15, -0.1) is 0 Å². The topological polar surface area (TPSA) is 81.8 Å². The number of allylic oxidation sites excluding steroid dienone is 2. The van der Waals surface area contributed by atoms with Crippen LogP contribution in [-0.4, -0.2) is 24.9 Å². The smallest absolute Gasteiger partial charge is 0.188 e. The van der Waals surface area contributed by atoms with Crippen molar-refractivity contribution in [3.05, 3.63) is 34.8 Å². The first-order valence-electron chi connectivity index (χ1n) is 12.9. The molecule has 2 fully saturated rings. The number of fused-ring (bicyclic) bond motifs is 7. The lowest BCUT2D eigenvalue weighted by Gasteiger charge is -2.56. The second-order valence-corrected chi connectivity index (χ2v) is 12.2. The van der Waals surface area contributed by atoms with E-state index in [1.54, 1.807) is 25.6 Å². The number of rotatable bonds is 4. The Bertz CT molecular complexity index is 1220. The highest BCUT2D eigenvalue weighted by Gasteiger charge is 2.58. The zero-order chi connectivity index (χ0) is 24.4. The number of thiazole rings is 1. The molecule has 7 heteroatoms. The lowest BCUT2D eigenvalue weighted by atomic mass is 9.48. The monoisotopic (exact) mass is 492 g/mol. The summed E-state index contributed by atoms with van der Waals surface area (Å²) < 4.78 is 11.0. The minimum Gasteiger partial charge on any atom is -0.497 e. The zero-order valence-corrected chi connectivity index (χ0v) is 22.0. The van der Waals surface area contributed by atoms with Gasteiger partial charge in [-0.05, 0) is 85.8 Å². The summed E-state index contributed by atoms with van der Waals surface area (Å²) in [4.78, 5) is 6.41. The first kappa shape index (κ1) is 22.9. The van der Waals surface area contributed by atoms with Crippen LogP contribution in [0.4, 0.5) is 10.8 Å². The standard InChI is InChI=1S/C28H36N4O2S/c1-27-14-12-21-25(35-26(30-21)31-22-15-16(33-3)5-9-23(22)34-4)20(27)7-6-17-18-8-10-24(32-29)28(18,2)13-11-19(17)27/h5,7,9,15,17-19H,6,8,10-14,29H2,1-4H3,(H,30,31)/b32-24+/t17-,18-,19-,27+,28-/m0/s1. The van der Waals surface area contributed by atoms with E-state index in [9.17, 15) is 0 Å². The normalized spacial score (nSPS) is 34.3. The summed E-state index contributed by atoms with van der Waals surface area (Å²) in [5, 5.41) is 8.68. The van der Waals surface area contributed by atoms with E-state index < -0.39 is 0 Å². The molecule has 0 saturated heterocycles. The fourth-order valence-electron chi connectivity index (χ4n) is 7.96. The first-order chi connectivity index (χ1) is 16.9. The number of nitrogens with two attached hydrogens (primary N) is 1. The zero-order valence-electron chi connectivity index (χ0n) is 21.2. The van der Waals surface area contributed by atoms with Crippen molar-refractivity contribution in [2.75, 3.05) is 19.5 Å². The number of nitrogens with zero attached hydrogens (tertiary/aromatic N) is 2. The molecular weight excluding hydrogens is 456 g/mol. The number of hydrazone groups is 1. The second-order valence-electron chi connectivity index (χ2n) is 11.2. The van der Waals surface area contributed by atoms with Crippen LogP contribution in [0.1, 0.15) is 62.9 Å². The van der Waals surface area contributed by atoms with Gasteiger partial charge in [-0.25, -0.2) is 4.98 Å². The number of anilines is 2. The molecule has 4 aliphatic carbocycles. The van der Waals surface area contributed by atoms with Gasteiger partial charge in [0, 0.05) is 17.2 Å². The Morgan fingerprint density at radius 2 is 1.91 bits per heavy atom. The molecule has 6 rings (SSSR count). The minimum absolute atomic E-state index is 0.203. The number of nitrogens with one attached hydrogen (secondary N) is 1. The number of ether oxygens (including phenoxy) is 2. The molecule has 0 bridgehead atoms. The summed E-state index contributed by atoms with van der Waals surface area (Å²) >= 11 is 1.79. The molecule has 2 saturated carbocycles. The molecule has 0 spiro atoms. The van der Waals surface area contributed by atoms with Gasteiger partial charge in [-0.1, -0.05) is 31.3 Å². The molecular formula is C28H36N4O2S. The van der Waals surface area contributed by atoms with Gasteiger partial charge in [0.15, 0.2) is 5.13 Å². The van der Waals surface area contributed by atoms with Gasteiger partial charge < -0.3 is 20.6 Å². The molecule has 0 unspecified atom stereocenters.